The van der Waals surface area contributed by atoms with Gasteiger partial charge in [-0.25, -0.2) is 14.3 Å². The van der Waals surface area contributed by atoms with E-state index in [2.05, 4.69) is 15.0 Å². The predicted octanol–water partition coefficient (Wildman–Crippen LogP) is 1.71. The summed E-state index contributed by atoms with van der Waals surface area (Å²) in [6, 6.07) is 1.81. The summed E-state index contributed by atoms with van der Waals surface area (Å²) in [6.45, 7) is 6.96. The fraction of sp³-hybridized carbons (Fsp3) is 0.636. The molecule has 192 valence electrons. The number of alkyl halides is 3. The number of amides is 1. The van der Waals surface area contributed by atoms with Crippen molar-refractivity contribution in [2.24, 2.45) is 5.92 Å². The maximum atomic E-state index is 13.2. The van der Waals surface area contributed by atoms with Crippen molar-refractivity contribution in [2.45, 2.75) is 31.0 Å². The molecule has 1 N–H and O–H groups in total. The van der Waals surface area contributed by atoms with Gasteiger partial charge in [-0.05, 0) is 31.2 Å². The Morgan fingerprint density at radius 1 is 1.23 bits per heavy atom. The average molecular weight is 499 g/mol. The molecule has 3 aliphatic heterocycles. The number of carboxylic acid groups (broad SMARTS) is 1. The van der Waals surface area contributed by atoms with Gasteiger partial charge in [0.15, 0.2) is 5.65 Å². The number of hydrogen-bond donors (Lipinski definition) is 1. The highest BCUT2D eigenvalue weighted by atomic mass is 19.4. The van der Waals surface area contributed by atoms with E-state index in [1.54, 1.807) is 16.9 Å². The number of likely N-dealkylation sites (tertiary alicyclic amines) is 1. The zero-order valence-electron chi connectivity index (χ0n) is 19.1. The molecule has 5 rings (SSSR count). The molecule has 3 saturated heterocycles. The number of aliphatic carboxylic acids is 1. The van der Waals surface area contributed by atoms with Gasteiger partial charge in [0.05, 0.1) is 31.6 Å². The number of ether oxygens (including phenoxy) is 2. The number of morpholine rings is 1. The third kappa shape index (κ3) is 6.08. The van der Waals surface area contributed by atoms with Crippen molar-refractivity contribution in [3.8, 4) is 0 Å². The van der Waals surface area contributed by atoms with Crippen molar-refractivity contribution in [2.75, 3.05) is 52.5 Å². The Bertz CT molecular complexity index is 1040. The number of hydrogen-bond acceptors (Lipinski definition) is 7. The highest BCUT2D eigenvalue weighted by molar-refractivity contribution is 5.99. The molecule has 0 aromatic carbocycles. The lowest BCUT2D eigenvalue weighted by Crippen LogP contribution is -2.50. The normalized spacial score (nSPS) is 25.5. The first kappa shape index (κ1) is 25.3. The first-order valence-electron chi connectivity index (χ1n) is 11.5. The second kappa shape index (κ2) is 10.5. The molecule has 0 bridgehead atoms. The molecule has 1 spiro atoms. The second-order valence-corrected chi connectivity index (χ2v) is 9.06. The number of carbonyl (C=O) groups excluding carboxylic acids is 1. The van der Waals surface area contributed by atoms with Crippen LogP contribution in [0.2, 0.25) is 0 Å². The van der Waals surface area contributed by atoms with Gasteiger partial charge in [0.2, 0.25) is 0 Å². The fourth-order valence-corrected chi connectivity index (χ4v) is 4.91. The van der Waals surface area contributed by atoms with E-state index in [0.717, 1.165) is 65.3 Å². The van der Waals surface area contributed by atoms with Crippen LogP contribution >= 0.6 is 0 Å². The maximum Gasteiger partial charge on any atom is 0.490 e. The number of fused-ring (bicyclic) bond motifs is 1. The summed E-state index contributed by atoms with van der Waals surface area (Å²) in [6.07, 6.45) is 3.09. The van der Waals surface area contributed by atoms with Crippen molar-refractivity contribution in [1.29, 1.82) is 0 Å². The number of piperidine rings is 1. The molecule has 3 aliphatic rings. The van der Waals surface area contributed by atoms with E-state index in [9.17, 15) is 18.0 Å². The molecule has 2 aromatic rings. The third-order valence-electron chi connectivity index (χ3n) is 6.48. The van der Waals surface area contributed by atoms with Gasteiger partial charge in [-0.15, -0.1) is 0 Å². The average Bonchev–Trinajstić information content (AvgIpc) is 3.43. The number of carbonyl (C=O) groups is 2. The standard InChI is InChI=1S/C20H27N5O3.C2HF3O2/c26-19(17-12-22-25-6-2-4-21-18(17)25)24-5-1-3-20(15-24)11-16(14-28-20)13-23-7-9-27-10-8-23;3-2(4,5)1(6)7/h2,4,6,12,16H,1,3,5,7-11,13-15H2;(H,6,7). The number of rotatable bonds is 3. The van der Waals surface area contributed by atoms with E-state index in [0.29, 0.717) is 23.7 Å². The summed E-state index contributed by atoms with van der Waals surface area (Å²) in [5, 5.41) is 11.4. The summed E-state index contributed by atoms with van der Waals surface area (Å²) in [4.78, 5) is 30.8. The highest BCUT2D eigenvalue weighted by Gasteiger charge is 2.45. The topological polar surface area (TPSA) is 109 Å². The largest absolute Gasteiger partial charge is 0.490 e. The van der Waals surface area contributed by atoms with Gasteiger partial charge in [0, 0.05) is 45.1 Å². The van der Waals surface area contributed by atoms with Crippen LogP contribution in [0.25, 0.3) is 5.65 Å². The quantitative estimate of drug-likeness (QED) is 0.680. The van der Waals surface area contributed by atoms with Crippen LogP contribution in [-0.2, 0) is 14.3 Å². The molecule has 3 fully saturated rings. The SMILES string of the molecule is O=C(O)C(F)(F)F.O=C(c1cnn2cccnc12)N1CCCC2(CC(CN3CCOCC3)CO2)C1. The first-order chi connectivity index (χ1) is 16.7. The number of carboxylic acids is 1. The molecule has 35 heavy (non-hydrogen) atoms. The minimum absolute atomic E-state index is 0.00741. The Labute approximate surface area is 199 Å². The van der Waals surface area contributed by atoms with Crippen LogP contribution in [0.5, 0.6) is 0 Å². The van der Waals surface area contributed by atoms with Crippen LogP contribution < -0.4 is 0 Å². The zero-order chi connectivity index (χ0) is 25.1. The van der Waals surface area contributed by atoms with Crippen LogP contribution in [0.15, 0.2) is 24.7 Å². The minimum atomic E-state index is -5.08. The highest BCUT2D eigenvalue weighted by Crippen LogP contribution is 2.38. The molecule has 0 radical (unpaired) electrons. The van der Waals surface area contributed by atoms with E-state index >= 15 is 0 Å². The van der Waals surface area contributed by atoms with E-state index in [4.69, 9.17) is 19.4 Å². The van der Waals surface area contributed by atoms with E-state index in [1.165, 1.54) is 0 Å². The lowest BCUT2D eigenvalue weighted by molar-refractivity contribution is -0.192. The minimum Gasteiger partial charge on any atom is -0.475 e. The van der Waals surface area contributed by atoms with Crippen LogP contribution in [0, 0.1) is 5.92 Å². The second-order valence-electron chi connectivity index (χ2n) is 9.06. The van der Waals surface area contributed by atoms with Crippen molar-refractivity contribution >= 4 is 17.5 Å². The lowest BCUT2D eigenvalue weighted by Gasteiger charge is -2.39. The van der Waals surface area contributed by atoms with E-state index in [-0.39, 0.29) is 11.5 Å². The summed E-state index contributed by atoms with van der Waals surface area (Å²) >= 11 is 0. The number of aromatic nitrogens is 3. The van der Waals surface area contributed by atoms with Gasteiger partial charge in [-0.3, -0.25) is 9.69 Å². The summed E-state index contributed by atoms with van der Waals surface area (Å²) in [5.74, 6) is -2.22. The van der Waals surface area contributed by atoms with Crippen LogP contribution in [0.4, 0.5) is 13.2 Å². The molecule has 2 unspecified atom stereocenters. The van der Waals surface area contributed by atoms with Crippen LogP contribution in [0.1, 0.15) is 29.6 Å². The number of halogens is 3. The molecule has 0 saturated carbocycles. The Hall–Kier alpha value is -2.77. The van der Waals surface area contributed by atoms with Gasteiger partial charge in [-0.2, -0.15) is 18.3 Å². The van der Waals surface area contributed by atoms with Crippen molar-refractivity contribution < 1.29 is 37.3 Å². The Morgan fingerprint density at radius 3 is 2.69 bits per heavy atom. The molecular weight excluding hydrogens is 471 g/mol. The molecule has 2 atom stereocenters. The summed E-state index contributed by atoms with van der Waals surface area (Å²) in [5.41, 5.74) is 0.992. The molecule has 13 heteroatoms. The van der Waals surface area contributed by atoms with Crippen LogP contribution in [0.3, 0.4) is 0 Å². The monoisotopic (exact) mass is 499 g/mol. The predicted molar refractivity (Wildman–Crippen MR) is 116 cm³/mol. The molecule has 1 amide bonds. The lowest BCUT2D eigenvalue weighted by atomic mass is 9.86. The van der Waals surface area contributed by atoms with Gasteiger partial charge >= 0.3 is 12.1 Å². The Kier molecular flexibility index (Phi) is 7.57. The van der Waals surface area contributed by atoms with Crippen molar-refractivity contribution in [3.63, 3.8) is 0 Å². The van der Waals surface area contributed by atoms with Crippen molar-refractivity contribution in [1.82, 2.24) is 24.4 Å². The van der Waals surface area contributed by atoms with Gasteiger partial charge in [0.1, 0.15) is 5.56 Å². The molecule has 5 heterocycles. The van der Waals surface area contributed by atoms with Gasteiger partial charge in [0.25, 0.3) is 5.91 Å². The van der Waals surface area contributed by atoms with Crippen LogP contribution in [-0.4, -0.2) is 106 Å². The molecule has 10 nitrogen and oxygen atoms in total. The molecular formula is C22H28F3N5O5. The number of nitrogens with zero attached hydrogens (tertiary/aromatic N) is 5. The van der Waals surface area contributed by atoms with Gasteiger partial charge in [-0.1, -0.05) is 0 Å². The van der Waals surface area contributed by atoms with Crippen molar-refractivity contribution in [3.05, 3.63) is 30.2 Å². The van der Waals surface area contributed by atoms with E-state index < -0.39 is 12.1 Å². The maximum absolute atomic E-state index is 13.2. The fourth-order valence-electron chi connectivity index (χ4n) is 4.91. The Balaban J connectivity index is 0.000000364. The smallest absolute Gasteiger partial charge is 0.475 e. The summed E-state index contributed by atoms with van der Waals surface area (Å²) in [7, 11) is 0. The van der Waals surface area contributed by atoms with E-state index in [1.807, 2.05) is 17.2 Å². The summed E-state index contributed by atoms with van der Waals surface area (Å²) < 4.78 is 45.2. The molecule has 2 aromatic heterocycles. The molecule has 0 aliphatic carbocycles. The Morgan fingerprint density at radius 2 is 1.97 bits per heavy atom. The first-order valence-corrected chi connectivity index (χ1v) is 11.5. The van der Waals surface area contributed by atoms with Gasteiger partial charge < -0.3 is 19.5 Å². The zero-order valence-corrected chi connectivity index (χ0v) is 19.1. The third-order valence-corrected chi connectivity index (χ3v) is 6.48.